The van der Waals surface area contributed by atoms with Crippen LogP contribution in [0.3, 0.4) is 0 Å². The van der Waals surface area contributed by atoms with Crippen LogP contribution in [0.2, 0.25) is 0 Å². The van der Waals surface area contributed by atoms with Gasteiger partial charge in [-0.15, -0.1) is 0 Å². The third-order valence-corrected chi connectivity index (χ3v) is 10.6. The Morgan fingerprint density at radius 3 is 1.62 bits per heavy atom. The van der Waals surface area contributed by atoms with E-state index in [9.17, 15) is 4.79 Å². The Morgan fingerprint density at radius 1 is 0.730 bits per heavy atom. The molecule has 4 fully saturated rings. The van der Waals surface area contributed by atoms with Gasteiger partial charge in [0.1, 0.15) is 17.1 Å². The zero-order valence-corrected chi connectivity index (χ0v) is 23.8. The first-order valence-corrected chi connectivity index (χ1v) is 14.8. The Bertz CT molecular complexity index is 1060. The Balaban J connectivity index is 1.49. The molecule has 0 aliphatic heterocycles. The Kier molecular flexibility index (Phi) is 6.96. The summed E-state index contributed by atoms with van der Waals surface area (Å²) in [5.41, 5.74) is 2.24. The van der Waals surface area contributed by atoms with Gasteiger partial charge in [-0.3, -0.25) is 4.79 Å². The molecule has 0 atom stereocenters. The van der Waals surface area contributed by atoms with Crippen molar-refractivity contribution in [2.24, 2.45) is 29.1 Å². The maximum atomic E-state index is 12.9. The fourth-order valence-corrected chi connectivity index (χ4v) is 7.79. The molecule has 0 saturated heterocycles. The van der Waals surface area contributed by atoms with Gasteiger partial charge >= 0.3 is 5.97 Å². The van der Waals surface area contributed by atoms with Gasteiger partial charge in [-0.1, -0.05) is 45.0 Å². The van der Waals surface area contributed by atoms with E-state index in [0.29, 0.717) is 17.6 Å². The van der Waals surface area contributed by atoms with Crippen LogP contribution in [0.1, 0.15) is 104 Å². The molecule has 4 aliphatic rings. The molecule has 3 heteroatoms. The van der Waals surface area contributed by atoms with Gasteiger partial charge in [0.2, 0.25) is 0 Å². The Labute approximate surface area is 224 Å². The molecule has 0 unspecified atom stereocenters. The summed E-state index contributed by atoms with van der Waals surface area (Å²) >= 11 is 0. The van der Waals surface area contributed by atoms with Crippen LogP contribution in [0.5, 0.6) is 11.5 Å². The van der Waals surface area contributed by atoms with Crippen molar-refractivity contribution in [3.05, 3.63) is 59.7 Å². The molecule has 0 radical (unpaired) electrons. The van der Waals surface area contributed by atoms with Gasteiger partial charge in [-0.2, -0.15) is 0 Å². The van der Waals surface area contributed by atoms with Crippen LogP contribution in [-0.2, 0) is 10.2 Å². The second-order valence-corrected chi connectivity index (χ2v) is 13.1. The average Bonchev–Trinajstić information content (AvgIpc) is 2.89. The lowest BCUT2D eigenvalue weighted by molar-refractivity contribution is -0.145. The van der Waals surface area contributed by atoms with E-state index in [1.165, 1.54) is 43.2 Å². The molecule has 4 bridgehead atoms. The zero-order valence-electron chi connectivity index (χ0n) is 23.8. The van der Waals surface area contributed by atoms with Crippen LogP contribution < -0.4 is 9.47 Å². The van der Waals surface area contributed by atoms with Crippen LogP contribution in [0.4, 0.5) is 0 Å². The van der Waals surface area contributed by atoms with Gasteiger partial charge in [0.05, 0.1) is 5.41 Å². The quantitative estimate of drug-likeness (QED) is 0.254. The molecule has 2 aromatic rings. The van der Waals surface area contributed by atoms with Crippen molar-refractivity contribution < 1.29 is 14.3 Å². The maximum absolute atomic E-state index is 12.9. The summed E-state index contributed by atoms with van der Waals surface area (Å²) in [6.07, 6.45) is 9.29. The van der Waals surface area contributed by atoms with Gasteiger partial charge < -0.3 is 9.47 Å². The van der Waals surface area contributed by atoms with Crippen molar-refractivity contribution in [1.82, 2.24) is 0 Å². The number of ether oxygens (including phenoxy) is 2. The maximum Gasteiger partial charge on any atom is 0.317 e. The van der Waals surface area contributed by atoms with Crippen LogP contribution in [0.15, 0.2) is 48.5 Å². The van der Waals surface area contributed by atoms with Crippen molar-refractivity contribution in [1.29, 1.82) is 0 Å². The second kappa shape index (κ2) is 9.79. The summed E-state index contributed by atoms with van der Waals surface area (Å²) in [7, 11) is 0. The highest BCUT2D eigenvalue weighted by Crippen LogP contribution is 2.65. The summed E-state index contributed by atoms with van der Waals surface area (Å²) in [6, 6.07) is 17.6. The largest absolute Gasteiger partial charge is 0.488 e. The third-order valence-electron chi connectivity index (χ3n) is 10.6. The van der Waals surface area contributed by atoms with Crippen molar-refractivity contribution in [3.63, 3.8) is 0 Å². The minimum absolute atomic E-state index is 0.0239. The van der Waals surface area contributed by atoms with Gasteiger partial charge in [0, 0.05) is 5.41 Å². The van der Waals surface area contributed by atoms with Gasteiger partial charge in [-0.05, 0) is 131 Å². The van der Waals surface area contributed by atoms with Crippen molar-refractivity contribution >= 4 is 5.97 Å². The molecular weight excluding hydrogens is 456 g/mol. The zero-order chi connectivity index (χ0) is 26.4. The van der Waals surface area contributed by atoms with Crippen LogP contribution in [0, 0.1) is 29.1 Å². The Hall–Kier alpha value is -2.29. The third kappa shape index (κ3) is 4.61. The molecule has 4 saturated carbocycles. The minimum atomic E-state index is -0.433. The highest BCUT2D eigenvalue weighted by Gasteiger charge is 2.58. The molecule has 4 aliphatic carbocycles. The number of carbonyl (C=O) groups is 1. The number of rotatable bonds is 9. The minimum Gasteiger partial charge on any atom is -0.488 e. The van der Waals surface area contributed by atoms with Crippen LogP contribution in [0.25, 0.3) is 0 Å². The van der Waals surface area contributed by atoms with Gasteiger partial charge in [0.15, 0.2) is 0 Å². The molecule has 200 valence electrons. The summed E-state index contributed by atoms with van der Waals surface area (Å²) < 4.78 is 12.2. The summed E-state index contributed by atoms with van der Waals surface area (Å²) in [5.74, 6) is 4.60. The fraction of sp³-hybridized carbons (Fsp3) is 0.618. The normalized spacial score (nSPS) is 28.8. The summed E-state index contributed by atoms with van der Waals surface area (Å²) in [4.78, 5) is 12.9. The first-order chi connectivity index (χ1) is 17.6. The molecule has 0 aromatic heterocycles. The SMILES string of the molecule is CCC(C)(C)Oc1ccc(C2(c3ccc(OC(=O)C(C)(CC)CC)cc3)C3CC4CC(C3)CC2C4)cc1. The highest BCUT2D eigenvalue weighted by molar-refractivity contribution is 5.78. The van der Waals surface area contributed by atoms with Gasteiger partial charge in [0.25, 0.3) is 0 Å². The smallest absolute Gasteiger partial charge is 0.317 e. The van der Waals surface area contributed by atoms with E-state index >= 15 is 0 Å². The molecule has 0 heterocycles. The first kappa shape index (κ1) is 26.3. The molecule has 0 spiro atoms. The lowest BCUT2D eigenvalue weighted by Gasteiger charge is -2.62. The number of esters is 1. The molecule has 0 N–H and O–H groups in total. The fourth-order valence-electron chi connectivity index (χ4n) is 7.79. The Morgan fingerprint density at radius 2 is 1.19 bits per heavy atom. The summed E-state index contributed by atoms with van der Waals surface area (Å²) in [5, 5.41) is 0. The number of hydrogen-bond acceptors (Lipinski definition) is 3. The van der Waals surface area contributed by atoms with Crippen molar-refractivity contribution in [3.8, 4) is 11.5 Å². The van der Waals surface area contributed by atoms with Crippen molar-refractivity contribution in [2.75, 3.05) is 0 Å². The van der Waals surface area contributed by atoms with E-state index in [4.69, 9.17) is 9.47 Å². The number of carbonyl (C=O) groups excluding carboxylic acids is 1. The number of benzene rings is 2. The van der Waals surface area contributed by atoms with Crippen LogP contribution >= 0.6 is 0 Å². The molecule has 0 amide bonds. The molecule has 6 rings (SSSR count). The molecule has 2 aromatic carbocycles. The summed E-state index contributed by atoms with van der Waals surface area (Å²) in [6.45, 7) is 12.6. The van der Waals surface area contributed by atoms with E-state index in [-0.39, 0.29) is 17.0 Å². The molecule has 37 heavy (non-hydrogen) atoms. The average molecular weight is 503 g/mol. The van der Waals surface area contributed by atoms with Crippen LogP contribution in [-0.4, -0.2) is 11.6 Å². The predicted molar refractivity (Wildman–Crippen MR) is 150 cm³/mol. The van der Waals surface area contributed by atoms with E-state index in [2.05, 4.69) is 71.0 Å². The molecule has 3 nitrogen and oxygen atoms in total. The lowest BCUT2D eigenvalue weighted by Crippen LogP contribution is -2.56. The van der Waals surface area contributed by atoms with E-state index in [1.54, 1.807) is 0 Å². The van der Waals surface area contributed by atoms with E-state index in [0.717, 1.165) is 36.8 Å². The molecular formula is C34H46O3. The predicted octanol–water partition coefficient (Wildman–Crippen LogP) is 8.73. The van der Waals surface area contributed by atoms with E-state index < -0.39 is 5.41 Å². The standard InChI is InChI=1S/C34H46O3/c1-7-32(4,5)37-30-16-12-26(13-17-30)34(27-19-23-18-24(21-27)22-28(34)20-23)25-10-14-29(15-11-25)36-31(35)33(6,8-2)9-3/h10-17,23-24,27-28H,7-9,18-22H2,1-6H3. The van der Waals surface area contributed by atoms with E-state index in [1.807, 2.05) is 19.1 Å². The van der Waals surface area contributed by atoms with Crippen molar-refractivity contribution in [2.45, 2.75) is 104 Å². The first-order valence-electron chi connectivity index (χ1n) is 14.8. The number of hydrogen-bond donors (Lipinski definition) is 0. The topological polar surface area (TPSA) is 35.5 Å². The lowest BCUT2D eigenvalue weighted by atomic mass is 9.42. The van der Waals surface area contributed by atoms with Gasteiger partial charge in [-0.25, -0.2) is 0 Å². The monoisotopic (exact) mass is 502 g/mol. The second-order valence-electron chi connectivity index (χ2n) is 13.1. The highest BCUT2D eigenvalue weighted by atomic mass is 16.5.